The smallest absolute Gasteiger partial charge is 0.222 e. The van der Waals surface area contributed by atoms with E-state index in [1.165, 1.54) is 0 Å². The summed E-state index contributed by atoms with van der Waals surface area (Å²) in [5, 5.41) is 0. The molecular formula is C14H28N2O. The van der Waals surface area contributed by atoms with Gasteiger partial charge in [0.05, 0.1) is 0 Å². The average Bonchev–Trinajstić information content (AvgIpc) is 2.28. The monoisotopic (exact) mass is 240 g/mol. The van der Waals surface area contributed by atoms with Crippen LogP contribution in [0.4, 0.5) is 0 Å². The number of amides is 1. The van der Waals surface area contributed by atoms with Gasteiger partial charge in [0, 0.05) is 25.6 Å². The second-order valence-corrected chi connectivity index (χ2v) is 5.86. The fraction of sp³-hybridized carbons (Fsp3) is 0.929. The van der Waals surface area contributed by atoms with Gasteiger partial charge in [0.15, 0.2) is 0 Å². The maximum atomic E-state index is 12.0. The van der Waals surface area contributed by atoms with E-state index in [0.29, 0.717) is 30.3 Å². The second kappa shape index (κ2) is 7.00. The first kappa shape index (κ1) is 14.5. The van der Waals surface area contributed by atoms with Gasteiger partial charge in [0.2, 0.25) is 5.91 Å². The zero-order valence-corrected chi connectivity index (χ0v) is 11.6. The molecule has 0 aromatic carbocycles. The van der Waals surface area contributed by atoms with Gasteiger partial charge in [-0.05, 0) is 38.0 Å². The predicted octanol–water partition coefficient (Wildman–Crippen LogP) is 2.54. The summed E-state index contributed by atoms with van der Waals surface area (Å²) in [6.07, 6.45) is 7.16. The molecule has 3 heteroatoms. The Hall–Kier alpha value is -0.570. The van der Waals surface area contributed by atoms with Crippen LogP contribution in [-0.4, -0.2) is 29.9 Å². The molecule has 1 aliphatic rings. The third-order valence-electron chi connectivity index (χ3n) is 3.85. The molecular weight excluding hydrogens is 212 g/mol. The Labute approximate surface area is 106 Å². The summed E-state index contributed by atoms with van der Waals surface area (Å²) in [6, 6.07) is 0.789. The molecule has 0 heterocycles. The molecule has 0 atom stereocenters. The van der Waals surface area contributed by atoms with Crippen LogP contribution in [0.2, 0.25) is 0 Å². The molecule has 0 aliphatic heterocycles. The molecule has 0 spiro atoms. The number of nitrogens with two attached hydrogens (primary N) is 1. The Morgan fingerprint density at radius 3 is 2.41 bits per heavy atom. The quantitative estimate of drug-likeness (QED) is 0.802. The minimum Gasteiger partial charge on any atom is -0.343 e. The van der Waals surface area contributed by atoms with Gasteiger partial charge in [-0.25, -0.2) is 0 Å². The van der Waals surface area contributed by atoms with Crippen LogP contribution in [-0.2, 0) is 4.79 Å². The van der Waals surface area contributed by atoms with Crippen LogP contribution in [0.15, 0.2) is 0 Å². The summed E-state index contributed by atoms with van der Waals surface area (Å²) in [4.78, 5) is 14.0. The highest BCUT2D eigenvalue weighted by Gasteiger charge is 2.24. The molecule has 0 aromatic rings. The van der Waals surface area contributed by atoms with E-state index in [4.69, 9.17) is 5.73 Å². The summed E-state index contributed by atoms with van der Waals surface area (Å²) in [5.74, 6) is 1.01. The molecule has 17 heavy (non-hydrogen) atoms. The molecule has 3 nitrogen and oxygen atoms in total. The molecule has 1 fully saturated rings. The maximum absolute atomic E-state index is 12.0. The molecule has 0 aromatic heterocycles. The number of hydrogen-bond acceptors (Lipinski definition) is 2. The topological polar surface area (TPSA) is 46.3 Å². The third kappa shape index (κ3) is 5.07. The van der Waals surface area contributed by atoms with E-state index in [9.17, 15) is 4.79 Å². The number of carbonyl (C=O) groups is 1. The van der Waals surface area contributed by atoms with Crippen LogP contribution in [0.3, 0.4) is 0 Å². The van der Waals surface area contributed by atoms with Crippen LogP contribution in [0, 0.1) is 5.92 Å². The van der Waals surface area contributed by atoms with Crippen molar-refractivity contribution in [3.05, 3.63) is 0 Å². The van der Waals surface area contributed by atoms with Gasteiger partial charge < -0.3 is 10.6 Å². The van der Waals surface area contributed by atoms with Crippen molar-refractivity contribution in [2.75, 3.05) is 7.05 Å². The fourth-order valence-corrected chi connectivity index (χ4v) is 2.53. The molecule has 1 saturated carbocycles. The van der Waals surface area contributed by atoms with Gasteiger partial charge in [0.1, 0.15) is 0 Å². The Morgan fingerprint density at radius 1 is 1.29 bits per heavy atom. The lowest BCUT2D eigenvalue weighted by molar-refractivity contribution is -0.132. The Kier molecular flexibility index (Phi) is 5.96. The molecule has 1 amide bonds. The van der Waals surface area contributed by atoms with E-state index in [1.807, 2.05) is 11.9 Å². The van der Waals surface area contributed by atoms with Gasteiger partial charge in [-0.1, -0.05) is 20.3 Å². The van der Waals surface area contributed by atoms with Crippen LogP contribution >= 0.6 is 0 Å². The highest BCUT2D eigenvalue weighted by molar-refractivity contribution is 5.76. The summed E-state index contributed by atoms with van der Waals surface area (Å²) >= 11 is 0. The first-order valence-corrected chi connectivity index (χ1v) is 7.02. The molecule has 0 unspecified atom stereocenters. The number of rotatable bonds is 5. The van der Waals surface area contributed by atoms with Crippen molar-refractivity contribution < 1.29 is 4.79 Å². The van der Waals surface area contributed by atoms with E-state index in [0.717, 1.165) is 38.5 Å². The van der Waals surface area contributed by atoms with E-state index < -0.39 is 0 Å². The number of nitrogens with zero attached hydrogens (tertiary/aromatic N) is 1. The van der Waals surface area contributed by atoms with E-state index in [2.05, 4.69) is 13.8 Å². The van der Waals surface area contributed by atoms with Gasteiger partial charge in [-0.2, -0.15) is 0 Å². The summed E-state index contributed by atoms with van der Waals surface area (Å²) < 4.78 is 0. The summed E-state index contributed by atoms with van der Waals surface area (Å²) in [6.45, 7) is 4.41. The maximum Gasteiger partial charge on any atom is 0.222 e. The lowest BCUT2D eigenvalue weighted by Gasteiger charge is -2.33. The van der Waals surface area contributed by atoms with E-state index >= 15 is 0 Å². The minimum absolute atomic E-state index is 0.311. The van der Waals surface area contributed by atoms with Gasteiger partial charge in [0.25, 0.3) is 0 Å². The standard InChI is InChI=1S/C14H28N2O/c1-11(2)5-4-6-14(17)16(3)13-9-7-12(15)8-10-13/h11-13H,4-10,15H2,1-3H3. The zero-order valence-electron chi connectivity index (χ0n) is 11.6. The molecule has 1 rings (SSSR count). The fourth-order valence-electron chi connectivity index (χ4n) is 2.53. The van der Waals surface area contributed by atoms with E-state index in [-0.39, 0.29) is 0 Å². The Morgan fingerprint density at radius 2 is 1.88 bits per heavy atom. The SMILES string of the molecule is CC(C)CCCC(=O)N(C)C1CCC(N)CC1. The van der Waals surface area contributed by atoms with Gasteiger partial charge >= 0.3 is 0 Å². The van der Waals surface area contributed by atoms with Crippen molar-refractivity contribution in [1.29, 1.82) is 0 Å². The van der Waals surface area contributed by atoms with Crippen molar-refractivity contribution in [2.24, 2.45) is 11.7 Å². The molecule has 0 bridgehead atoms. The first-order valence-electron chi connectivity index (χ1n) is 7.02. The van der Waals surface area contributed by atoms with Crippen LogP contribution < -0.4 is 5.73 Å². The molecule has 1 aliphatic carbocycles. The van der Waals surface area contributed by atoms with E-state index in [1.54, 1.807) is 0 Å². The first-order chi connectivity index (χ1) is 8.00. The minimum atomic E-state index is 0.311. The van der Waals surface area contributed by atoms with Crippen LogP contribution in [0.1, 0.15) is 58.8 Å². The average molecular weight is 240 g/mol. The van der Waals surface area contributed by atoms with Gasteiger partial charge in [-0.15, -0.1) is 0 Å². The Bertz CT molecular complexity index is 232. The van der Waals surface area contributed by atoms with Crippen molar-refractivity contribution in [1.82, 2.24) is 4.90 Å². The highest BCUT2D eigenvalue weighted by atomic mass is 16.2. The van der Waals surface area contributed by atoms with Crippen molar-refractivity contribution in [3.63, 3.8) is 0 Å². The summed E-state index contributed by atoms with van der Waals surface area (Å²) in [7, 11) is 1.96. The lowest BCUT2D eigenvalue weighted by atomic mass is 9.91. The number of carbonyl (C=O) groups excluding carboxylic acids is 1. The second-order valence-electron chi connectivity index (χ2n) is 5.86. The normalized spacial score (nSPS) is 25.0. The predicted molar refractivity (Wildman–Crippen MR) is 71.7 cm³/mol. The van der Waals surface area contributed by atoms with Crippen LogP contribution in [0.5, 0.6) is 0 Å². The number of hydrogen-bond donors (Lipinski definition) is 1. The van der Waals surface area contributed by atoms with Crippen molar-refractivity contribution >= 4 is 5.91 Å². The molecule has 2 N–H and O–H groups in total. The van der Waals surface area contributed by atoms with Gasteiger partial charge in [-0.3, -0.25) is 4.79 Å². The van der Waals surface area contributed by atoms with Crippen LogP contribution in [0.25, 0.3) is 0 Å². The molecule has 0 radical (unpaired) electrons. The Balaban J connectivity index is 2.26. The largest absolute Gasteiger partial charge is 0.343 e. The van der Waals surface area contributed by atoms with Crippen molar-refractivity contribution in [3.8, 4) is 0 Å². The zero-order chi connectivity index (χ0) is 12.8. The van der Waals surface area contributed by atoms with Crippen molar-refractivity contribution in [2.45, 2.75) is 70.9 Å². The molecule has 0 saturated heterocycles. The molecule has 100 valence electrons. The lowest BCUT2D eigenvalue weighted by Crippen LogP contribution is -2.41. The third-order valence-corrected chi connectivity index (χ3v) is 3.85. The summed E-state index contributed by atoms with van der Waals surface area (Å²) in [5.41, 5.74) is 5.88. The highest BCUT2D eigenvalue weighted by Crippen LogP contribution is 2.22.